The van der Waals surface area contributed by atoms with E-state index in [9.17, 15) is 13.2 Å². The molecule has 1 heterocycles. The van der Waals surface area contributed by atoms with Crippen molar-refractivity contribution in [1.82, 2.24) is 4.57 Å². The van der Waals surface area contributed by atoms with Crippen LogP contribution in [-0.4, -0.2) is 24.5 Å². The van der Waals surface area contributed by atoms with Crippen LogP contribution in [0.15, 0.2) is 12.4 Å². The Morgan fingerprint density at radius 2 is 2.05 bits per heavy atom. The van der Waals surface area contributed by atoms with Crippen LogP contribution in [0.2, 0.25) is 0 Å². The van der Waals surface area contributed by atoms with E-state index >= 15 is 0 Å². The van der Waals surface area contributed by atoms with Crippen molar-refractivity contribution in [2.45, 2.75) is 52.5 Å². The van der Waals surface area contributed by atoms with Crippen LogP contribution in [0, 0.1) is 0 Å². The lowest BCUT2D eigenvalue weighted by Gasteiger charge is -2.05. The van der Waals surface area contributed by atoms with Gasteiger partial charge in [-0.25, -0.2) is 0 Å². The van der Waals surface area contributed by atoms with E-state index in [2.05, 4.69) is 6.92 Å². The molecule has 0 atom stereocenters. The lowest BCUT2D eigenvalue weighted by molar-refractivity contribution is -0.674. The molecule has 0 aromatic carbocycles. The number of hydrogen-bond donors (Lipinski definition) is 0. The summed E-state index contributed by atoms with van der Waals surface area (Å²) in [5.41, 5.74) is 0. The molecule has 0 saturated heterocycles. The third-order valence-electron chi connectivity index (χ3n) is 3.14. The number of imidazole rings is 1. The molecule has 0 saturated carbocycles. The molecule has 0 aliphatic carbocycles. The second kappa shape index (κ2) is 8.17. The predicted octanol–water partition coefficient (Wildman–Crippen LogP) is 1.58. The highest BCUT2D eigenvalue weighted by molar-refractivity contribution is 7.87. The van der Waals surface area contributed by atoms with Crippen LogP contribution < -0.4 is 8.75 Å². The van der Waals surface area contributed by atoms with Crippen molar-refractivity contribution in [2.24, 2.45) is 7.05 Å². The zero-order chi connectivity index (χ0) is 15.9. The maximum Gasteiger partial charge on any atom is 0.471 e. The van der Waals surface area contributed by atoms with E-state index in [1.165, 1.54) is 6.92 Å². The van der Waals surface area contributed by atoms with Crippen molar-refractivity contribution in [3.05, 3.63) is 12.4 Å². The minimum Gasteiger partial charge on any atom is -0.308 e. The molecule has 0 bridgehead atoms. The van der Waals surface area contributed by atoms with Crippen LogP contribution in [0.5, 0.6) is 6.01 Å². The minimum atomic E-state index is -3.63. The van der Waals surface area contributed by atoms with Gasteiger partial charge in [0.15, 0.2) is 0 Å². The third-order valence-corrected chi connectivity index (χ3v) is 4.34. The number of hydrogen-bond acceptors (Lipinski definition) is 4. The van der Waals surface area contributed by atoms with Gasteiger partial charge in [0.05, 0.1) is 19.3 Å². The summed E-state index contributed by atoms with van der Waals surface area (Å²) in [6, 6.07) is 0.329. The van der Waals surface area contributed by atoms with E-state index < -0.39 is 10.1 Å². The number of aryl methyl sites for hydroxylation is 2. The molecule has 0 amide bonds. The van der Waals surface area contributed by atoms with Crippen LogP contribution in [-0.2, 0) is 28.5 Å². The molecule has 0 aliphatic heterocycles. The van der Waals surface area contributed by atoms with Gasteiger partial charge in [-0.1, -0.05) is 13.3 Å². The summed E-state index contributed by atoms with van der Waals surface area (Å²) in [7, 11) is -1.87. The Labute approximate surface area is 126 Å². The first-order valence-electron chi connectivity index (χ1n) is 7.32. The summed E-state index contributed by atoms with van der Waals surface area (Å²) in [4.78, 5) is 10.8. The number of carbonyl (C=O) groups is 1. The average molecular weight is 317 g/mol. The predicted molar refractivity (Wildman–Crippen MR) is 79.5 cm³/mol. The molecule has 0 unspecified atom stereocenters. The quantitative estimate of drug-likeness (QED) is 0.373. The highest BCUT2D eigenvalue weighted by Crippen LogP contribution is 2.11. The van der Waals surface area contributed by atoms with Crippen molar-refractivity contribution in [3.63, 3.8) is 0 Å². The number of ketones is 1. The second-order valence-electron chi connectivity index (χ2n) is 5.24. The molecule has 1 rings (SSSR count). The molecular weight excluding hydrogens is 292 g/mol. The minimum absolute atomic E-state index is 0.0702. The highest BCUT2D eigenvalue weighted by Gasteiger charge is 2.23. The first-order chi connectivity index (χ1) is 9.85. The fourth-order valence-corrected chi connectivity index (χ4v) is 3.01. The van der Waals surface area contributed by atoms with E-state index in [0.29, 0.717) is 25.3 Å². The summed E-state index contributed by atoms with van der Waals surface area (Å²) in [5, 5.41) is 0. The fraction of sp³-hybridized carbons (Fsp3) is 0.714. The number of rotatable bonds is 10. The van der Waals surface area contributed by atoms with E-state index in [1.807, 2.05) is 6.20 Å². The molecule has 0 radical (unpaired) electrons. The number of Topliss-reactive ketones (excluding diaryl/α,β-unsaturated/α-hetero) is 1. The lowest BCUT2D eigenvalue weighted by atomic mass is 10.2. The summed E-state index contributed by atoms with van der Waals surface area (Å²) in [6.07, 6.45) is 6.99. The van der Waals surface area contributed by atoms with Gasteiger partial charge in [0.2, 0.25) is 0 Å². The van der Waals surface area contributed by atoms with Gasteiger partial charge in [-0.3, -0.25) is 0 Å². The Hall–Kier alpha value is -1.37. The van der Waals surface area contributed by atoms with E-state index in [1.54, 1.807) is 22.4 Å². The zero-order valence-electron chi connectivity index (χ0n) is 13.0. The second-order valence-corrected chi connectivity index (χ2v) is 6.93. The fourth-order valence-electron chi connectivity index (χ4n) is 1.92. The summed E-state index contributed by atoms with van der Waals surface area (Å²) < 4.78 is 32.7. The van der Waals surface area contributed by atoms with E-state index in [4.69, 9.17) is 4.18 Å². The van der Waals surface area contributed by atoms with Gasteiger partial charge in [0.1, 0.15) is 18.2 Å². The molecule has 1 aromatic heterocycles. The van der Waals surface area contributed by atoms with Crippen LogP contribution in [0.1, 0.15) is 46.0 Å². The maximum absolute atomic E-state index is 12.0. The SMILES string of the molecule is CCCCn1cc[n+](C)c1OS(=O)(=O)CCCCC(C)=O. The molecule has 0 aliphatic rings. The molecule has 0 fully saturated rings. The van der Waals surface area contributed by atoms with Gasteiger partial charge in [0, 0.05) is 6.42 Å². The Morgan fingerprint density at radius 3 is 2.67 bits per heavy atom. The van der Waals surface area contributed by atoms with Crippen LogP contribution >= 0.6 is 0 Å². The van der Waals surface area contributed by atoms with Crippen LogP contribution in [0.3, 0.4) is 0 Å². The average Bonchev–Trinajstić information content (AvgIpc) is 2.73. The van der Waals surface area contributed by atoms with Crippen LogP contribution in [0.25, 0.3) is 0 Å². The van der Waals surface area contributed by atoms with Crippen molar-refractivity contribution < 1.29 is 22.0 Å². The summed E-state index contributed by atoms with van der Waals surface area (Å²) >= 11 is 0. The number of carbonyl (C=O) groups excluding carboxylic acids is 1. The van der Waals surface area contributed by atoms with Gasteiger partial charge in [-0.15, -0.1) is 0 Å². The summed E-state index contributed by atoms with van der Waals surface area (Å²) in [6.45, 7) is 4.31. The van der Waals surface area contributed by atoms with E-state index in [-0.39, 0.29) is 11.5 Å². The molecular formula is C14H25N2O4S+. The van der Waals surface area contributed by atoms with Gasteiger partial charge in [-0.05, 0) is 26.2 Å². The van der Waals surface area contributed by atoms with Crippen LogP contribution in [0.4, 0.5) is 0 Å². The van der Waals surface area contributed by atoms with Gasteiger partial charge in [0.25, 0.3) is 0 Å². The van der Waals surface area contributed by atoms with Gasteiger partial charge >= 0.3 is 16.1 Å². The number of unbranched alkanes of at least 4 members (excludes halogenated alkanes) is 2. The monoisotopic (exact) mass is 317 g/mol. The molecule has 21 heavy (non-hydrogen) atoms. The van der Waals surface area contributed by atoms with Gasteiger partial charge < -0.3 is 8.98 Å². The Kier molecular flexibility index (Phi) is 6.87. The molecule has 0 N–H and O–H groups in total. The topological polar surface area (TPSA) is 69.2 Å². The maximum atomic E-state index is 12.0. The Balaban J connectivity index is 2.62. The summed E-state index contributed by atoms with van der Waals surface area (Å²) in [5.74, 6) is 0.00680. The standard InChI is InChI=1S/C14H25N2O4S/c1-4-5-9-16-11-10-15(3)14(16)20-21(18,19)12-7-6-8-13(2)17/h10-11H,4-9,12H2,1-3H3/q+1. The Morgan fingerprint density at radius 1 is 1.33 bits per heavy atom. The molecule has 6 nitrogen and oxygen atoms in total. The van der Waals surface area contributed by atoms with Gasteiger partial charge in [-0.2, -0.15) is 17.6 Å². The number of aromatic nitrogens is 2. The van der Waals surface area contributed by atoms with Crippen molar-refractivity contribution >= 4 is 15.9 Å². The van der Waals surface area contributed by atoms with Crippen molar-refractivity contribution in [3.8, 4) is 6.01 Å². The number of nitrogens with zero attached hydrogens (tertiary/aromatic N) is 2. The van der Waals surface area contributed by atoms with E-state index in [0.717, 1.165) is 19.4 Å². The normalized spacial score (nSPS) is 11.6. The molecule has 120 valence electrons. The Bertz CT molecular complexity index is 564. The first-order valence-corrected chi connectivity index (χ1v) is 8.90. The highest BCUT2D eigenvalue weighted by atomic mass is 32.2. The molecule has 0 spiro atoms. The molecule has 1 aromatic rings. The molecule has 7 heteroatoms. The smallest absolute Gasteiger partial charge is 0.308 e. The zero-order valence-corrected chi connectivity index (χ0v) is 13.9. The third kappa shape index (κ3) is 6.29. The van der Waals surface area contributed by atoms with Crippen molar-refractivity contribution in [1.29, 1.82) is 0 Å². The largest absolute Gasteiger partial charge is 0.471 e. The first kappa shape index (κ1) is 17.7. The lowest BCUT2D eigenvalue weighted by Crippen LogP contribution is -2.31. The van der Waals surface area contributed by atoms with Crippen molar-refractivity contribution in [2.75, 3.05) is 5.75 Å².